The van der Waals surface area contributed by atoms with Crippen LogP contribution < -0.4 is 16.0 Å². The summed E-state index contributed by atoms with van der Waals surface area (Å²) < 4.78 is 0. The Balaban J connectivity index is 0.00000147. The van der Waals surface area contributed by atoms with Crippen LogP contribution in [0.15, 0.2) is 0 Å². The summed E-state index contributed by atoms with van der Waals surface area (Å²) in [6.07, 6.45) is 2.88. The van der Waals surface area contributed by atoms with Crippen molar-refractivity contribution in [1.29, 1.82) is 0 Å². The Kier molecular flexibility index (Phi) is 4.27. The maximum Gasteiger partial charge on any atom is 0.322 e. The zero-order chi connectivity index (χ0) is 13.5. The summed E-state index contributed by atoms with van der Waals surface area (Å²) in [7, 11) is 0. The van der Waals surface area contributed by atoms with Gasteiger partial charge in [0.05, 0.1) is 0 Å². The molecule has 114 valence electrons. The Labute approximate surface area is 125 Å². The summed E-state index contributed by atoms with van der Waals surface area (Å²) >= 11 is 0. The predicted molar refractivity (Wildman–Crippen MR) is 77.9 cm³/mol. The van der Waals surface area contributed by atoms with Crippen molar-refractivity contribution in [3.05, 3.63) is 0 Å². The van der Waals surface area contributed by atoms with Crippen molar-refractivity contribution in [2.75, 3.05) is 32.7 Å². The van der Waals surface area contributed by atoms with E-state index in [0.717, 1.165) is 39.0 Å². The molecule has 20 heavy (non-hydrogen) atoms. The Hall–Kier alpha value is -0.850. The number of carbonyl (C=O) groups is 2. The first kappa shape index (κ1) is 15.5. The third-order valence-electron chi connectivity index (χ3n) is 4.65. The summed E-state index contributed by atoms with van der Waals surface area (Å²) in [5.74, 6) is -0.156. The van der Waals surface area contributed by atoms with Crippen LogP contribution in [0.2, 0.25) is 0 Å². The molecule has 0 saturated carbocycles. The van der Waals surface area contributed by atoms with Crippen LogP contribution in [0.25, 0.3) is 0 Å². The quantitative estimate of drug-likeness (QED) is 0.632. The first-order valence-corrected chi connectivity index (χ1v) is 7.08. The van der Waals surface area contributed by atoms with Crippen LogP contribution in [0.5, 0.6) is 0 Å². The number of hydrogen-bond acceptors (Lipinski definition) is 4. The number of imide groups is 1. The zero-order valence-electron chi connectivity index (χ0n) is 11.8. The Morgan fingerprint density at radius 2 is 2.10 bits per heavy atom. The topological polar surface area (TPSA) is 73.5 Å². The number of likely N-dealkylation sites (tertiary alicyclic amines) is 1. The van der Waals surface area contributed by atoms with Crippen molar-refractivity contribution in [2.24, 2.45) is 5.41 Å². The van der Waals surface area contributed by atoms with Gasteiger partial charge in [-0.1, -0.05) is 6.92 Å². The number of piperidine rings is 1. The molecule has 3 heterocycles. The van der Waals surface area contributed by atoms with E-state index in [1.54, 1.807) is 0 Å². The summed E-state index contributed by atoms with van der Waals surface area (Å²) in [4.78, 5) is 25.7. The molecule has 3 N–H and O–H groups in total. The molecular formula is C13H23ClN4O2. The third-order valence-corrected chi connectivity index (χ3v) is 4.65. The monoisotopic (exact) mass is 302 g/mol. The fourth-order valence-corrected chi connectivity index (χ4v) is 3.64. The number of carbonyl (C=O) groups excluding carboxylic acids is 2. The molecule has 3 amide bonds. The Morgan fingerprint density at radius 1 is 1.30 bits per heavy atom. The largest absolute Gasteiger partial charge is 0.322 e. The maximum atomic E-state index is 12.0. The van der Waals surface area contributed by atoms with Gasteiger partial charge in [0.1, 0.15) is 5.54 Å². The van der Waals surface area contributed by atoms with Gasteiger partial charge in [-0.2, -0.15) is 0 Å². The SMILES string of the molecule is CC1(CN2CCCC3(C2)NC(=O)NC3=O)CCNC1.Cl. The van der Waals surface area contributed by atoms with Crippen molar-refractivity contribution < 1.29 is 9.59 Å². The first-order chi connectivity index (χ1) is 9.01. The number of nitrogens with zero attached hydrogens (tertiary/aromatic N) is 1. The van der Waals surface area contributed by atoms with Crippen LogP contribution in [-0.2, 0) is 4.79 Å². The lowest BCUT2D eigenvalue weighted by Crippen LogP contribution is -2.59. The molecule has 3 rings (SSSR count). The maximum absolute atomic E-state index is 12.0. The molecule has 0 aromatic carbocycles. The highest BCUT2D eigenvalue weighted by Crippen LogP contribution is 2.30. The van der Waals surface area contributed by atoms with Crippen molar-refractivity contribution >= 4 is 24.3 Å². The van der Waals surface area contributed by atoms with Gasteiger partial charge in [0.25, 0.3) is 5.91 Å². The van der Waals surface area contributed by atoms with Crippen LogP contribution in [0, 0.1) is 5.41 Å². The highest BCUT2D eigenvalue weighted by atomic mass is 35.5. The number of rotatable bonds is 2. The van der Waals surface area contributed by atoms with Crippen molar-refractivity contribution in [2.45, 2.75) is 31.7 Å². The molecule has 0 aromatic heterocycles. The minimum Gasteiger partial charge on any atom is -0.322 e. The normalized spacial score (nSPS) is 37.6. The second-order valence-electron chi connectivity index (χ2n) is 6.54. The lowest BCUT2D eigenvalue weighted by atomic mass is 9.85. The molecule has 0 bridgehead atoms. The van der Waals surface area contributed by atoms with Gasteiger partial charge in [-0.05, 0) is 37.8 Å². The van der Waals surface area contributed by atoms with Gasteiger partial charge in [-0.3, -0.25) is 15.0 Å². The molecule has 3 fully saturated rings. The number of nitrogens with one attached hydrogen (secondary N) is 3. The van der Waals surface area contributed by atoms with E-state index in [1.165, 1.54) is 6.42 Å². The third kappa shape index (κ3) is 2.77. The molecule has 1 spiro atoms. The minimum atomic E-state index is -0.683. The Bertz CT molecular complexity index is 411. The van der Waals surface area contributed by atoms with E-state index in [-0.39, 0.29) is 29.8 Å². The minimum absolute atomic E-state index is 0. The van der Waals surface area contributed by atoms with Crippen molar-refractivity contribution in [1.82, 2.24) is 20.9 Å². The highest BCUT2D eigenvalue weighted by molar-refractivity contribution is 6.07. The molecule has 0 radical (unpaired) electrons. The molecule has 3 aliphatic rings. The highest BCUT2D eigenvalue weighted by Gasteiger charge is 2.49. The number of hydrogen-bond donors (Lipinski definition) is 3. The van der Waals surface area contributed by atoms with Gasteiger partial charge in [0.2, 0.25) is 0 Å². The van der Waals surface area contributed by atoms with E-state index in [4.69, 9.17) is 0 Å². The second-order valence-corrected chi connectivity index (χ2v) is 6.54. The average Bonchev–Trinajstić information content (AvgIpc) is 2.85. The average molecular weight is 303 g/mol. The van der Waals surface area contributed by atoms with Crippen LogP contribution in [0.4, 0.5) is 4.79 Å². The molecular weight excluding hydrogens is 280 g/mol. The molecule has 7 heteroatoms. The van der Waals surface area contributed by atoms with E-state index in [1.807, 2.05) is 0 Å². The fourth-order valence-electron chi connectivity index (χ4n) is 3.64. The predicted octanol–water partition coefficient (Wildman–Crippen LogP) is 0.0818. The summed E-state index contributed by atoms with van der Waals surface area (Å²) in [6, 6.07) is -0.347. The van der Waals surface area contributed by atoms with Gasteiger partial charge in [0, 0.05) is 19.6 Å². The molecule has 0 aliphatic carbocycles. The van der Waals surface area contributed by atoms with Crippen LogP contribution in [0.3, 0.4) is 0 Å². The van der Waals surface area contributed by atoms with Crippen LogP contribution in [-0.4, -0.2) is 55.1 Å². The summed E-state index contributed by atoms with van der Waals surface area (Å²) in [5, 5.41) is 8.61. The van der Waals surface area contributed by atoms with E-state index in [0.29, 0.717) is 6.54 Å². The number of amides is 3. The van der Waals surface area contributed by atoms with E-state index in [2.05, 4.69) is 27.8 Å². The zero-order valence-corrected chi connectivity index (χ0v) is 12.6. The van der Waals surface area contributed by atoms with E-state index in [9.17, 15) is 9.59 Å². The lowest BCUT2D eigenvalue weighted by molar-refractivity contribution is -0.126. The standard InChI is InChI=1S/C13H22N4O2.ClH/c1-12(4-5-14-7-12)8-17-6-2-3-13(9-17)10(18)15-11(19)16-13;/h14H,2-9H2,1H3,(H2,15,16,18,19);1H. The van der Waals surface area contributed by atoms with Crippen LogP contribution in [0.1, 0.15) is 26.2 Å². The molecule has 6 nitrogen and oxygen atoms in total. The second kappa shape index (κ2) is 5.50. The lowest BCUT2D eigenvalue weighted by Gasteiger charge is -2.41. The van der Waals surface area contributed by atoms with Gasteiger partial charge < -0.3 is 10.6 Å². The summed E-state index contributed by atoms with van der Waals surface area (Å²) in [6.45, 7) is 7.05. The molecule has 2 unspecified atom stereocenters. The smallest absolute Gasteiger partial charge is 0.322 e. The van der Waals surface area contributed by atoms with Crippen molar-refractivity contribution in [3.63, 3.8) is 0 Å². The van der Waals surface area contributed by atoms with Gasteiger partial charge in [-0.15, -0.1) is 12.4 Å². The van der Waals surface area contributed by atoms with Gasteiger partial charge >= 0.3 is 6.03 Å². The molecule has 0 aromatic rings. The van der Waals surface area contributed by atoms with E-state index < -0.39 is 5.54 Å². The molecule has 2 atom stereocenters. The van der Waals surface area contributed by atoms with Gasteiger partial charge in [-0.25, -0.2) is 4.79 Å². The molecule has 3 aliphatic heterocycles. The first-order valence-electron chi connectivity index (χ1n) is 7.08. The van der Waals surface area contributed by atoms with E-state index >= 15 is 0 Å². The fraction of sp³-hybridized carbons (Fsp3) is 0.846. The molecule has 3 saturated heterocycles. The summed E-state index contributed by atoms with van der Waals surface area (Å²) in [5.41, 5.74) is -0.394. The van der Waals surface area contributed by atoms with Crippen LogP contribution >= 0.6 is 12.4 Å². The number of halogens is 1. The Morgan fingerprint density at radius 3 is 2.70 bits per heavy atom. The number of urea groups is 1. The van der Waals surface area contributed by atoms with Crippen molar-refractivity contribution in [3.8, 4) is 0 Å². The van der Waals surface area contributed by atoms with Gasteiger partial charge in [0.15, 0.2) is 0 Å².